The highest BCUT2D eigenvalue weighted by atomic mass is 19.2. The zero-order chi connectivity index (χ0) is 10.9. The first-order valence-corrected chi connectivity index (χ1v) is 3.81. The Morgan fingerprint density at radius 3 is 2.29 bits per heavy atom. The van der Waals surface area contributed by atoms with Gasteiger partial charge in [0.1, 0.15) is 5.82 Å². The molecule has 1 rings (SSSR count). The summed E-state index contributed by atoms with van der Waals surface area (Å²) >= 11 is 0. The summed E-state index contributed by atoms with van der Waals surface area (Å²) in [6.45, 7) is 1.09. The lowest BCUT2D eigenvalue weighted by Gasteiger charge is -2.09. The summed E-state index contributed by atoms with van der Waals surface area (Å²) in [5.74, 6) is -6.58. The molecule has 1 aromatic rings. The Bertz CT molecular complexity index is 377. The van der Waals surface area contributed by atoms with Crippen molar-refractivity contribution in [2.45, 2.75) is 12.8 Å². The molecule has 0 heterocycles. The molecular formula is C9H7F3O2. The van der Waals surface area contributed by atoms with Crippen LogP contribution in [-0.4, -0.2) is 11.1 Å². The van der Waals surface area contributed by atoms with E-state index in [0.29, 0.717) is 12.1 Å². The Morgan fingerprint density at radius 2 is 1.79 bits per heavy atom. The summed E-state index contributed by atoms with van der Waals surface area (Å²) in [7, 11) is 0. The monoisotopic (exact) mass is 204 g/mol. The third-order valence-electron chi connectivity index (χ3n) is 1.88. The van der Waals surface area contributed by atoms with Gasteiger partial charge < -0.3 is 5.11 Å². The third-order valence-corrected chi connectivity index (χ3v) is 1.88. The van der Waals surface area contributed by atoms with Crippen LogP contribution in [-0.2, 0) is 4.79 Å². The molecule has 0 aromatic heterocycles. The van der Waals surface area contributed by atoms with Crippen LogP contribution in [0.5, 0.6) is 0 Å². The van der Waals surface area contributed by atoms with Crippen molar-refractivity contribution in [3.63, 3.8) is 0 Å². The van der Waals surface area contributed by atoms with Gasteiger partial charge in [0, 0.05) is 5.56 Å². The van der Waals surface area contributed by atoms with E-state index in [0.717, 1.165) is 6.92 Å². The minimum Gasteiger partial charge on any atom is -0.481 e. The second-order valence-electron chi connectivity index (χ2n) is 2.82. The standard InChI is InChI=1S/C9H7F3O2/c1-4(9(13)14)7-5(10)2-3-6(11)8(7)12/h2-4H,1H3,(H,13,14). The Balaban J connectivity index is 3.32. The van der Waals surface area contributed by atoms with Crippen molar-refractivity contribution in [3.8, 4) is 0 Å². The Labute approximate surface area is 78.0 Å². The van der Waals surface area contributed by atoms with Crippen LogP contribution >= 0.6 is 0 Å². The molecule has 5 heteroatoms. The highest BCUT2D eigenvalue weighted by molar-refractivity contribution is 5.75. The fraction of sp³-hybridized carbons (Fsp3) is 0.222. The number of rotatable bonds is 2. The number of hydrogen-bond acceptors (Lipinski definition) is 1. The molecule has 1 unspecified atom stereocenters. The molecule has 1 N–H and O–H groups in total. The molecule has 2 nitrogen and oxygen atoms in total. The SMILES string of the molecule is CC(C(=O)O)c1c(F)ccc(F)c1F. The molecule has 0 bridgehead atoms. The van der Waals surface area contributed by atoms with Crippen molar-refractivity contribution >= 4 is 5.97 Å². The van der Waals surface area contributed by atoms with Gasteiger partial charge in [-0.2, -0.15) is 0 Å². The van der Waals surface area contributed by atoms with E-state index >= 15 is 0 Å². The summed E-state index contributed by atoms with van der Waals surface area (Å²) in [6.07, 6.45) is 0. The second-order valence-corrected chi connectivity index (χ2v) is 2.82. The molecule has 0 saturated carbocycles. The van der Waals surface area contributed by atoms with E-state index in [1.54, 1.807) is 0 Å². The molecule has 0 amide bonds. The molecule has 1 aromatic carbocycles. The average Bonchev–Trinajstić information content (AvgIpc) is 2.12. The lowest BCUT2D eigenvalue weighted by Crippen LogP contribution is -2.12. The molecule has 1 atom stereocenters. The van der Waals surface area contributed by atoms with Crippen LogP contribution in [0, 0.1) is 17.5 Å². The van der Waals surface area contributed by atoms with Gasteiger partial charge in [0.2, 0.25) is 0 Å². The van der Waals surface area contributed by atoms with Crippen LogP contribution in [0.4, 0.5) is 13.2 Å². The van der Waals surface area contributed by atoms with Crippen LogP contribution in [0.15, 0.2) is 12.1 Å². The maximum Gasteiger partial charge on any atom is 0.310 e. The number of hydrogen-bond donors (Lipinski definition) is 1. The van der Waals surface area contributed by atoms with Gasteiger partial charge in [0.25, 0.3) is 0 Å². The fourth-order valence-electron chi connectivity index (χ4n) is 1.06. The Kier molecular flexibility index (Phi) is 2.78. The molecular weight excluding hydrogens is 197 g/mol. The van der Waals surface area contributed by atoms with Gasteiger partial charge in [-0.15, -0.1) is 0 Å². The predicted molar refractivity (Wildman–Crippen MR) is 42.4 cm³/mol. The second kappa shape index (κ2) is 3.69. The van der Waals surface area contributed by atoms with Gasteiger partial charge in [-0.05, 0) is 19.1 Å². The van der Waals surface area contributed by atoms with Crippen molar-refractivity contribution in [1.29, 1.82) is 0 Å². The molecule has 0 aliphatic carbocycles. The molecule has 14 heavy (non-hydrogen) atoms. The highest BCUT2D eigenvalue weighted by Gasteiger charge is 2.24. The number of aliphatic carboxylic acids is 1. The van der Waals surface area contributed by atoms with Crippen LogP contribution < -0.4 is 0 Å². The normalized spacial score (nSPS) is 12.6. The summed E-state index contributed by atoms with van der Waals surface area (Å²) < 4.78 is 38.6. The zero-order valence-electron chi connectivity index (χ0n) is 7.22. The molecule has 0 radical (unpaired) electrons. The van der Waals surface area contributed by atoms with Crippen molar-refractivity contribution in [3.05, 3.63) is 35.1 Å². The van der Waals surface area contributed by atoms with Crippen molar-refractivity contribution in [1.82, 2.24) is 0 Å². The number of carboxylic acids is 1. The van der Waals surface area contributed by atoms with E-state index in [1.165, 1.54) is 0 Å². The minimum atomic E-state index is -1.44. The van der Waals surface area contributed by atoms with Gasteiger partial charge in [-0.25, -0.2) is 13.2 Å². The van der Waals surface area contributed by atoms with E-state index < -0.39 is 34.9 Å². The van der Waals surface area contributed by atoms with Gasteiger partial charge in [0.05, 0.1) is 5.92 Å². The third kappa shape index (κ3) is 1.71. The maximum atomic E-state index is 13.0. The van der Waals surface area contributed by atoms with E-state index in [1.807, 2.05) is 0 Å². The molecule has 76 valence electrons. The maximum absolute atomic E-state index is 13.0. The Morgan fingerprint density at radius 1 is 1.29 bits per heavy atom. The van der Waals surface area contributed by atoms with Gasteiger partial charge in [-0.3, -0.25) is 4.79 Å². The lowest BCUT2D eigenvalue weighted by molar-refractivity contribution is -0.138. The highest BCUT2D eigenvalue weighted by Crippen LogP contribution is 2.24. The molecule has 0 aliphatic rings. The van der Waals surface area contributed by atoms with E-state index in [4.69, 9.17) is 5.11 Å². The van der Waals surface area contributed by atoms with Crippen LogP contribution in [0.3, 0.4) is 0 Å². The fourth-order valence-corrected chi connectivity index (χ4v) is 1.06. The number of halogens is 3. The first-order chi connectivity index (χ1) is 6.45. The summed E-state index contributed by atoms with van der Waals surface area (Å²) in [5, 5.41) is 8.52. The van der Waals surface area contributed by atoms with Gasteiger partial charge in [0.15, 0.2) is 11.6 Å². The number of benzene rings is 1. The van der Waals surface area contributed by atoms with E-state index in [2.05, 4.69) is 0 Å². The Hall–Kier alpha value is -1.52. The lowest BCUT2D eigenvalue weighted by atomic mass is 10.00. The topological polar surface area (TPSA) is 37.3 Å². The number of carbonyl (C=O) groups is 1. The van der Waals surface area contributed by atoms with Crippen LogP contribution in [0.1, 0.15) is 18.4 Å². The van der Waals surface area contributed by atoms with E-state index in [-0.39, 0.29) is 0 Å². The van der Waals surface area contributed by atoms with Crippen molar-refractivity contribution < 1.29 is 23.1 Å². The van der Waals surface area contributed by atoms with Crippen LogP contribution in [0.25, 0.3) is 0 Å². The quantitative estimate of drug-likeness (QED) is 0.750. The summed E-state index contributed by atoms with van der Waals surface area (Å²) in [4.78, 5) is 10.5. The average molecular weight is 204 g/mol. The number of carboxylic acid groups (broad SMARTS) is 1. The molecule has 0 saturated heterocycles. The predicted octanol–water partition coefficient (Wildman–Crippen LogP) is 2.29. The summed E-state index contributed by atoms with van der Waals surface area (Å²) in [5.41, 5.74) is -0.752. The first-order valence-electron chi connectivity index (χ1n) is 3.81. The van der Waals surface area contributed by atoms with Crippen LogP contribution in [0.2, 0.25) is 0 Å². The minimum absolute atomic E-state index is 0.614. The molecule has 0 aliphatic heterocycles. The zero-order valence-corrected chi connectivity index (χ0v) is 7.22. The van der Waals surface area contributed by atoms with E-state index in [9.17, 15) is 18.0 Å². The first kappa shape index (κ1) is 10.6. The molecule has 0 fully saturated rings. The summed E-state index contributed by atoms with van der Waals surface area (Å²) in [6, 6.07) is 1.32. The largest absolute Gasteiger partial charge is 0.481 e. The smallest absolute Gasteiger partial charge is 0.310 e. The van der Waals surface area contributed by atoms with Gasteiger partial charge in [-0.1, -0.05) is 0 Å². The van der Waals surface area contributed by atoms with Crippen molar-refractivity contribution in [2.24, 2.45) is 0 Å². The van der Waals surface area contributed by atoms with Gasteiger partial charge >= 0.3 is 5.97 Å². The molecule has 0 spiro atoms. The van der Waals surface area contributed by atoms with Crippen molar-refractivity contribution in [2.75, 3.05) is 0 Å².